The lowest BCUT2D eigenvalue weighted by molar-refractivity contribution is -0.146. The number of likely N-dealkylation sites (tertiary alicyclic amines) is 1. The predicted molar refractivity (Wildman–Crippen MR) is 83.3 cm³/mol. The van der Waals surface area contributed by atoms with Crippen LogP contribution in [0.3, 0.4) is 0 Å². The van der Waals surface area contributed by atoms with E-state index in [0.717, 1.165) is 18.7 Å². The summed E-state index contributed by atoms with van der Waals surface area (Å²) in [7, 11) is 0. The standard InChI is InChI=1S/C18H23NO2/c20-17(21)18(15-7-3-1-4-8-15)11-13-19(14-12-18)16-9-5-2-6-10-16/h1,3-5,7-9,16H,2,6,10-14H2,(H,20,21). The third-order valence-corrected chi connectivity index (χ3v) is 5.09. The van der Waals surface area contributed by atoms with Gasteiger partial charge < -0.3 is 5.11 Å². The summed E-state index contributed by atoms with van der Waals surface area (Å²) in [4.78, 5) is 14.4. The van der Waals surface area contributed by atoms with Crippen LogP contribution in [0.15, 0.2) is 42.5 Å². The molecular formula is C18H23NO2. The Hall–Kier alpha value is -1.61. The van der Waals surface area contributed by atoms with E-state index >= 15 is 0 Å². The molecule has 0 saturated carbocycles. The van der Waals surface area contributed by atoms with Gasteiger partial charge in [0, 0.05) is 19.1 Å². The Morgan fingerprint density at radius 1 is 1.19 bits per heavy atom. The molecule has 3 rings (SSSR count). The molecule has 1 aromatic rings. The minimum Gasteiger partial charge on any atom is -0.481 e. The van der Waals surface area contributed by atoms with Crippen molar-refractivity contribution >= 4 is 5.97 Å². The van der Waals surface area contributed by atoms with Crippen LogP contribution in [-0.2, 0) is 10.2 Å². The second kappa shape index (κ2) is 6.02. The van der Waals surface area contributed by atoms with E-state index in [0.29, 0.717) is 18.9 Å². The van der Waals surface area contributed by atoms with E-state index in [1.54, 1.807) is 0 Å². The third-order valence-electron chi connectivity index (χ3n) is 5.09. The van der Waals surface area contributed by atoms with Crippen molar-refractivity contribution in [3.63, 3.8) is 0 Å². The zero-order valence-electron chi connectivity index (χ0n) is 12.4. The van der Waals surface area contributed by atoms with Crippen molar-refractivity contribution in [1.29, 1.82) is 0 Å². The number of carboxylic acids is 1. The fourth-order valence-electron chi connectivity index (χ4n) is 3.72. The maximum Gasteiger partial charge on any atom is 0.314 e. The first-order valence-electron chi connectivity index (χ1n) is 7.92. The quantitative estimate of drug-likeness (QED) is 0.867. The summed E-state index contributed by atoms with van der Waals surface area (Å²) in [5.41, 5.74) is 0.257. The fraction of sp³-hybridized carbons (Fsp3) is 0.500. The van der Waals surface area contributed by atoms with E-state index in [2.05, 4.69) is 17.1 Å². The number of benzene rings is 1. The van der Waals surface area contributed by atoms with Crippen molar-refractivity contribution in [3.05, 3.63) is 48.0 Å². The fourth-order valence-corrected chi connectivity index (χ4v) is 3.72. The van der Waals surface area contributed by atoms with Crippen LogP contribution in [0.4, 0.5) is 0 Å². The van der Waals surface area contributed by atoms with Gasteiger partial charge in [0.25, 0.3) is 0 Å². The molecule has 1 N–H and O–H groups in total. The monoisotopic (exact) mass is 285 g/mol. The Bertz CT molecular complexity index is 515. The molecule has 0 amide bonds. The van der Waals surface area contributed by atoms with Crippen molar-refractivity contribution in [3.8, 4) is 0 Å². The van der Waals surface area contributed by atoms with Gasteiger partial charge in [-0.05, 0) is 37.7 Å². The first kappa shape index (κ1) is 14.3. The van der Waals surface area contributed by atoms with Crippen LogP contribution in [0.5, 0.6) is 0 Å². The summed E-state index contributed by atoms with van der Waals surface area (Å²) < 4.78 is 0. The molecule has 1 unspecified atom stereocenters. The number of piperidine rings is 1. The summed E-state index contributed by atoms with van der Waals surface area (Å²) in [6.07, 6.45) is 9.63. The van der Waals surface area contributed by atoms with Crippen molar-refractivity contribution in [2.75, 3.05) is 13.1 Å². The zero-order chi connectivity index (χ0) is 14.7. The van der Waals surface area contributed by atoms with Gasteiger partial charge in [0.05, 0.1) is 5.41 Å². The molecule has 1 aromatic carbocycles. The second-order valence-electron chi connectivity index (χ2n) is 6.22. The third kappa shape index (κ3) is 2.75. The molecular weight excluding hydrogens is 262 g/mol. The summed E-state index contributed by atoms with van der Waals surface area (Å²) in [5.74, 6) is -0.674. The lowest BCUT2D eigenvalue weighted by Gasteiger charge is -2.42. The van der Waals surface area contributed by atoms with Crippen LogP contribution in [-0.4, -0.2) is 35.1 Å². The number of carbonyl (C=O) groups is 1. The van der Waals surface area contributed by atoms with E-state index in [9.17, 15) is 9.90 Å². The summed E-state index contributed by atoms with van der Waals surface area (Å²) in [5, 5.41) is 9.81. The van der Waals surface area contributed by atoms with Gasteiger partial charge in [0.15, 0.2) is 0 Å². The molecule has 0 bridgehead atoms. The van der Waals surface area contributed by atoms with Crippen LogP contribution < -0.4 is 0 Å². The first-order valence-corrected chi connectivity index (χ1v) is 7.92. The molecule has 21 heavy (non-hydrogen) atoms. The summed E-state index contributed by atoms with van der Waals surface area (Å²) >= 11 is 0. The van der Waals surface area contributed by atoms with E-state index in [4.69, 9.17) is 0 Å². The maximum absolute atomic E-state index is 11.9. The molecule has 2 aliphatic rings. The highest BCUT2D eigenvalue weighted by Crippen LogP contribution is 2.37. The van der Waals surface area contributed by atoms with Gasteiger partial charge in [-0.25, -0.2) is 0 Å². The normalized spacial score (nSPS) is 25.6. The first-order chi connectivity index (χ1) is 10.2. The predicted octanol–water partition coefficient (Wildman–Crippen LogP) is 3.21. The van der Waals surface area contributed by atoms with Gasteiger partial charge >= 0.3 is 5.97 Å². The van der Waals surface area contributed by atoms with Gasteiger partial charge in [0.2, 0.25) is 0 Å². The molecule has 1 fully saturated rings. The number of nitrogens with zero attached hydrogens (tertiary/aromatic N) is 1. The summed E-state index contributed by atoms with van der Waals surface area (Å²) in [6, 6.07) is 10.3. The Labute approximate surface area is 126 Å². The Kier molecular flexibility index (Phi) is 4.11. The average Bonchev–Trinajstić information content (AvgIpc) is 2.56. The number of hydrogen-bond acceptors (Lipinski definition) is 2. The topological polar surface area (TPSA) is 40.5 Å². The highest BCUT2D eigenvalue weighted by molar-refractivity contribution is 5.81. The van der Waals surface area contributed by atoms with Gasteiger partial charge in [-0.15, -0.1) is 0 Å². The molecule has 0 radical (unpaired) electrons. The molecule has 3 nitrogen and oxygen atoms in total. The number of hydrogen-bond donors (Lipinski definition) is 1. The number of allylic oxidation sites excluding steroid dienone is 1. The van der Waals surface area contributed by atoms with Crippen molar-refractivity contribution in [2.45, 2.75) is 43.6 Å². The maximum atomic E-state index is 11.9. The van der Waals surface area contributed by atoms with Gasteiger partial charge in [-0.2, -0.15) is 0 Å². The van der Waals surface area contributed by atoms with Crippen LogP contribution in [0.25, 0.3) is 0 Å². The van der Waals surface area contributed by atoms with E-state index in [1.807, 2.05) is 30.3 Å². The van der Waals surface area contributed by atoms with E-state index in [1.165, 1.54) is 19.3 Å². The van der Waals surface area contributed by atoms with Crippen molar-refractivity contribution in [1.82, 2.24) is 4.90 Å². The molecule has 1 atom stereocenters. The Morgan fingerprint density at radius 2 is 1.90 bits per heavy atom. The van der Waals surface area contributed by atoms with E-state index < -0.39 is 11.4 Å². The van der Waals surface area contributed by atoms with Crippen LogP contribution in [0, 0.1) is 0 Å². The van der Waals surface area contributed by atoms with E-state index in [-0.39, 0.29) is 0 Å². The van der Waals surface area contributed by atoms with Crippen LogP contribution >= 0.6 is 0 Å². The number of carboxylic acid groups (broad SMARTS) is 1. The zero-order valence-corrected chi connectivity index (χ0v) is 12.4. The smallest absolute Gasteiger partial charge is 0.314 e. The highest BCUT2D eigenvalue weighted by Gasteiger charge is 2.43. The molecule has 1 saturated heterocycles. The lowest BCUT2D eigenvalue weighted by atomic mass is 9.72. The van der Waals surface area contributed by atoms with Crippen LogP contribution in [0.2, 0.25) is 0 Å². The Morgan fingerprint density at radius 3 is 2.48 bits per heavy atom. The molecule has 112 valence electrons. The SMILES string of the molecule is O=C(O)C1(c2ccccc2)CCN(C2C=CCCC2)CC1. The van der Waals surface area contributed by atoms with Crippen molar-refractivity contribution in [2.24, 2.45) is 0 Å². The molecule has 1 heterocycles. The molecule has 1 aliphatic heterocycles. The minimum absolute atomic E-state index is 0.515. The lowest BCUT2D eigenvalue weighted by Crippen LogP contribution is -2.50. The van der Waals surface area contributed by atoms with Crippen LogP contribution in [0.1, 0.15) is 37.7 Å². The molecule has 3 heteroatoms. The second-order valence-corrected chi connectivity index (χ2v) is 6.22. The van der Waals surface area contributed by atoms with Crippen molar-refractivity contribution < 1.29 is 9.90 Å². The molecule has 0 spiro atoms. The number of rotatable bonds is 3. The highest BCUT2D eigenvalue weighted by atomic mass is 16.4. The van der Waals surface area contributed by atoms with Gasteiger partial charge in [-0.3, -0.25) is 9.69 Å². The largest absolute Gasteiger partial charge is 0.481 e. The molecule has 0 aromatic heterocycles. The Balaban J connectivity index is 1.76. The van der Waals surface area contributed by atoms with Gasteiger partial charge in [-0.1, -0.05) is 42.5 Å². The minimum atomic E-state index is -0.698. The average molecular weight is 285 g/mol. The number of aliphatic carboxylic acids is 1. The summed E-state index contributed by atoms with van der Waals surface area (Å²) in [6.45, 7) is 1.74. The molecule has 1 aliphatic carbocycles. The van der Waals surface area contributed by atoms with Gasteiger partial charge in [0.1, 0.15) is 0 Å².